The van der Waals surface area contributed by atoms with E-state index in [0.29, 0.717) is 11.7 Å². The molecule has 0 spiro atoms. The lowest BCUT2D eigenvalue weighted by Gasteiger charge is -2.35. The van der Waals surface area contributed by atoms with Crippen LogP contribution in [0.1, 0.15) is 44.0 Å². The number of rotatable bonds is 7. The quantitative estimate of drug-likeness (QED) is 0.644. The molecular formula is C19H24ClF2N3O. The number of hydrogen-bond acceptors (Lipinski definition) is 3. The third kappa shape index (κ3) is 5.27. The first-order valence-corrected chi connectivity index (χ1v) is 9.11. The monoisotopic (exact) mass is 383 g/mol. The summed E-state index contributed by atoms with van der Waals surface area (Å²) in [5.41, 5.74) is -0.264. The highest BCUT2D eigenvalue weighted by Crippen LogP contribution is 2.20. The molecule has 0 fully saturated rings. The molecule has 1 aromatic carbocycles. The van der Waals surface area contributed by atoms with Gasteiger partial charge in [-0.15, -0.1) is 0 Å². The fourth-order valence-corrected chi connectivity index (χ4v) is 3.06. The van der Waals surface area contributed by atoms with Crippen molar-refractivity contribution < 1.29 is 13.6 Å². The van der Waals surface area contributed by atoms with Gasteiger partial charge in [0.2, 0.25) is 0 Å². The van der Waals surface area contributed by atoms with Gasteiger partial charge in [-0.25, -0.2) is 13.8 Å². The van der Waals surface area contributed by atoms with Gasteiger partial charge in [-0.3, -0.25) is 4.79 Å². The molecular weight excluding hydrogens is 360 g/mol. The van der Waals surface area contributed by atoms with Gasteiger partial charge in [0.1, 0.15) is 16.8 Å². The van der Waals surface area contributed by atoms with E-state index in [-0.39, 0.29) is 24.2 Å². The summed E-state index contributed by atoms with van der Waals surface area (Å²) in [5, 5.41) is 0.414. The summed E-state index contributed by atoms with van der Waals surface area (Å²) in [7, 11) is 0. The Bertz CT molecular complexity index is 706. The van der Waals surface area contributed by atoms with Gasteiger partial charge in [0.25, 0.3) is 5.91 Å². The third-order valence-corrected chi connectivity index (χ3v) is 4.26. The molecule has 0 bridgehead atoms. The Balaban J connectivity index is 2.25. The lowest BCUT2D eigenvalue weighted by Crippen LogP contribution is -2.47. The maximum Gasteiger partial charge on any atom is 0.258 e. The number of amides is 1. The molecule has 0 N–H and O–H groups in total. The molecule has 0 aromatic heterocycles. The van der Waals surface area contributed by atoms with Crippen LogP contribution in [0, 0.1) is 17.6 Å². The molecule has 1 atom stereocenters. The fourth-order valence-electron chi connectivity index (χ4n) is 2.87. The van der Waals surface area contributed by atoms with Crippen LogP contribution in [0.3, 0.4) is 0 Å². The molecule has 4 nitrogen and oxygen atoms in total. The van der Waals surface area contributed by atoms with Crippen molar-refractivity contribution in [3.8, 4) is 0 Å². The summed E-state index contributed by atoms with van der Waals surface area (Å²) < 4.78 is 27.6. The highest BCUT2D eigenvalue weighted by Gasteiger charge is 2.25. The van der Waals surface area contributed by atoms with E-state index in [1.54, 1.807) is 6.34 Å². The normalized spacial score (nSPS) is 16.8. The fraction of sp³-hybridized carbons (Fsp3) is 0.474. The maximum absolute atomic E-state index is 14.1. The molecule has 1 aliphatic heterocycles. The lowest BCUT2D eigenvalue weighted by atomic mass is 10.1. The first-order valence-electron chi connectivity index (χ1n) is 8.73. The molecule has 1 heterocycles. The number of carbonyl (C=O) groups is 1. The van der Waals surface area contributed by atoms with Gasteiger partial charge < -0.3 is 9.80 Å². The van der Waals surface area contributed by atoms with E-state index in [9.17, 15) is 13.6 Å². The van der Waals surface area contributed by atoms with Crippen molar-refractivity contribution in [2.24, 2.45) is 10.9 Å². The van der Waals surface area contributed by atoms with E-state index >= 15 is 0 Å². The van der Waals surface area contributed by atoms with Gasteiger partial charge in [-0.05, 0) is 36.6 Å². The summed E-state index contributed by atoms with van der Waals surface area (Å²) in [4.78, 5) is 20.4. The van der Waals surface area contributed by atoms with E-state index in [1.807, 2.05) is 24.8 Å². The second-order valence-electron chi connectivity index (χ2n) is 6.79. The standard InChI is InChI=1S/C19H24ClF2N3O/c1-4-5-15-9-18(20)23-11-25(15)12-24(10-13(2)3)19(26)16-8-14(21)6-7-17(16)22/h6-9,11,13,15H,4-5,10,12H2,1-3H3. The number of carbonyl (C=O) groups excluding carboxylic acids is 1. The van der Waals surface area contributed by atoms with Crippen LogP contribution >= 0.6 is 11.6 Å². The molecule has 1 aromatic rings. The Hall–Kier alpha value is -1.95. The minimum absolute atomic E-state index is 0.00446. The zero-order chi connectivity index (χ0) is 19.3. The van der Waals surface area contributed by atoms with Gasteiger partial charge in [0, 0.05) is 6.54 Å². The molecule has 1 unspecified atom stereocenters. The third-order valence-electron chi connectivity index (χ3n) is 4.04. The van der Waals surface area contributed by atoms with E-state index in [4.69, 9.17) is 11.6 Å². The lowest BCUT2D eigenvalue weighted by molar-refractivity contribution is 0.0642. The molecule has 0 radical (unpaired) electrons. The van der Waals surface area contributed by atoms with Crippen molar-refractivity contribution in [1.82, 2.24) is 9.80 Å². The van der Waals surface area contributed by atoms with E-state index < -0.39 is 17.5 Å². The molecule has 26 heavy (non-hydrogen) atoms. The first-order chi connectivity index (χ1) is 12.3. The van der Waals surface area contributed by atoms with Gasteiger partial charge in [0.05, 0.1) is 24.6 Å². The van der Waals surface area contributed by atoms with E-state index in [0.717, 1.165) is 31.0 Å². The Labute approximate surface area is 158 Å². The van der Waals surface area contributed by atoms with Gasteiger partial charge in [-0.2, -0.15) is 0 Å². The van der Waals surface area contributed by atoms with Crippen LogP contribution in [0.5, 0.6) is 0 Å². The van der Waals surface area contributed by atoms with Crippen molar-refractivity contribution in [1.29, 1.82) is 0 Å². The maximum atomic E-state index is 14.1. The minimum Gasteiger partial charge on any atom is -0.338 e. The van der Waals surface area contributed by atoms with Crippen LogP contribution in [-0.4, -0.2) is 41.3 Å². The largest absolute Gasteiger partial charge is 0.338 e. The van der Waals surface area contributed by atoms with Crippen LogP contribution in [0.4, 0.5) is 8.78 Å². The van der Waals surface area contributed by atoms with E-state index in [2.05, 4.69) is 11.9 Å². The Kier molecular flexibility index (Phi) is 7.14. The topological polar surface area (TPSA) is 35.9 Å². The number of nitrogens with zero attached hydrogens (tertiary/aromatic N) is 3. The molecule has 1 amide bonds. The highest BCUT2D eigenvalue weighted by molar-refractivity contribution is 6.29. The minimum atomic E-state index is -0.731. The Morgan fingerprint density at radius 2 is 2.12 bits per heavy atom. The predicted octanol–water partition coefficient (Wildman–Crippen LogP) is 4.61. The van der Waals surface area contributed by atoms with Crippen LogP contribution in [0.2, 0.25) is 0 Å². The number of halogens is 3. The number of benzene rings is 1. The molecule has 0 aliphatic carbocycles. The number of aliphatic imine (C=N–C) groups is 1. The zero-order valence-electron chi connectivity index (χ0n) is 15.3. The molecule has 2 rings (SSSR count). The summed E-state index contributed by atoms with van der Waals surface area (Å²) in [5.74, 6) is -1.75. The molecule has 1 aliphatic rings. The summed E-state index contributed by atoms with van der Waals surface area (Å²) in [6.45, 7) is 6.63. The molecule has 0 saturated heterocycles. The van der Waals surface area contributed by atoms with Gasteiger partial charge >= 0.3 is 0 Å². The Morgan fingerprint density at radius 1 is 1.38 bits per heavy atom. The van der Waals surface area contributed by atoms with Crippen LogP contribution in [0.25, 0.3) is 0 Å². The second kappa shape index (κ2) is 9.12. The Morgan fingerprint density at radius 3 is 2.77 bits per heavy atom. The van der Waals surface area contributed by atoms with Crippen molar-refractivity contribution in [3.05, 3.63) is 46.6 Å². The van der Waals surface area contributed by atoms with Crippen LogP contribution < -0.4 is 0 Å². The van der Waals surface area contributed by atoms with E-state index in [1.165, 1.54) is 4.90 Å². The predicted molar refractivity (Wildman–Crippen MR) is 100 cm³/mol. The van der Waals surface area contributed by atoms with Crippen LogP contribution in [0.15, 0.2) is 34.4 Å². The summed E-state index contributed by atoms with van der Waals surface area (Å²) in [6, 6.07) is 2.92. The first kappa shape index (κ1) is 20.4. The summed E-state index contributed by atoms with van der Waals surface area (Å²) in [6.07, 6.45) is 5.23. The van der Waals surface area contributed by atoms with Crippen molar-refractivity contribution in [2.75, 3.05) is 13.2 Å². The van der Waals surface area contributed by atoms with Crippen molar-refractivity contribution in [3.63, 3.8) is 0 Å². The van der Waals surface area contributed by atoms with Crippen LogP contribution in [-0.2, 0) is 0 Å². The highest BCUT2D eigenvalue weighted by atomic mass is 35.5. The van der Waals surface area contributed by atoms with Crippen molar-refractivity contribution in [2.45, 2.75) is 39.7 Å². The average molecular weight is 384 g/mol. The summed E-state index contributed by atoms with van der Waals surface area (Å²) >= 11 is 5.99. The number of hydrogen-bond donors (Lipinski definition) is 0. The second-order valence-corrected chi connectivity index (χ2v) is 7.18. The van der Waals surface area contributed by atoms with Gasteiger partial charge in [-0.1, -0.05) is 38.8 Å². The average Bonchev–Trinajstić information content (AvgIpc) is 2.58. The molecule has 0 saturated carbocycles. The zero-order valence-corrected chi connectivity index (χ0v) is 16.0. The molecule has 142 valence electrons. The smallest absolute Gasteiger partial charge is 0.258 e. The van der Waals surface area contributed by atoms with Crippen molar-refractivity contribution >= 4 is 23.8 Å². The molecule has 7 heteroatoms. The SMILES string of the molecule is CCCC1C=C(Cl)N=CN1CN(CC(C)C)C(=O)c1cc(F)ccc1F. The van der Waals surface area contributed by atoms with Gasteiger partial charge in [0.15, 0.2) is 0 Å².